The van der Waals surface area contributed by atoms with Crippen LogP contribution in [0.15, 0.2) is 45.5 Å². The minimum atomic E-state index is -0.226. The highest BCUT2D eigenvalue weighted by atomic mass is 79.9. The minimum absolute atomic E-state index is 0.226. The van der Waals surface area contributed by atoms with Gasteiger partial charge >= 0.3 is 0 Å². The maximum Gasteiger partial charge on any atom is 0.123 e. The molecule has 0 bridgehead atoms. The lowest BCUT2D eigenvalue weighted by atomic mass is 10.2. The topological polar surface area (TPSA) is 24.9 Å². The van der Waals surface area contributed by atoms with Gasteiger partial charge in [0, 0.05) is 17.6 Å². The Labute approximate surface area is 122 Å². The standard InChI is InChI=1S/C13H11Br2FN2/c14-12-5-4-10(16)6-9(12)7-17-8-11-2-1-3-13(15)18-11/h1-6,17H,7-8H2. The van der Waals surface area contributed by atoms with Crippen LogP contribution in [0.2, 0.25) is 0 Å². The van der Waals surface area contributed by atoms with E-state index < -0.39 is 0 Å². The van der Waals surface area contributed by atoms with Crippen molar-refractivity contribution in [1.29, 1.82) is 0 Å². The summed E-state index contributed by atoms with van der Waals surface area (Å²) in [5.74, 6) is -0.226. The zero-order valence-corrected chi connectivity index (χ0v) is 12.6. The van der Waals surface area contributed by atoms with Gasteiger partial charge in [0.1, 0.15) is 10.4 Å². The van der Waals surface area contributed by atoms with Crippen LogP contribution >= 0.6 is 31.9 Å². The van der Waals surface area contributed by atoms with Gasteiger partial charge in [0.25, 0.3) is 0 Å². The molecule has 0 saturated carbocycles. The molecule has 0 spiro atoms. The molecule has 18 heavy (non-hydrogen) atoms. The molecule has 0 fully saturated rings. The summed E-state index contributed by atoms with van der Waals surface area (Å²) in [6.07, 6.45) is 0. The van der Waals surface area contributed by atoms with Crippen LogP contribution < -0.4 is 5.32 Å². The smallest absolute Gasteiger partial charge is 0.123 e. The highest BCUT2D eigenvalue weighted by Gasteiger charge is 2.02. The SMILES string of the molecule is Fc1ccc(Br)c(CNCc2cccc(Br)n2)c1. The Morgan fingerprint density at radius 1 is 1.11 bits per heavy atom. The van der Waals surface area contributed by atoms with Gasteiger partial charge < -0.3 is 5.32 Å². The highest BCUT2D eigenvalue weighted by Crippen LogP contribution is 2.17. The first-order valence-corrected chi connectivity index (χ1v) is 7.00. The molecule has 1 N–H and O–H groups in total. The number of benzene rings is 1. The third kappa shape index (κ3) is 3.86. The number of nitrogens with one attached hydrogen (secondary N) is 1. The summed E-state index contributed by atoms with van der Waals surface area (Å²) in [5, 5.41) is 3.23. The van der Waals surface area contributed by atoms with E-state index in [0.29, 0.717) is 13.1 Å². The Balaban J connectivity index is 1.94. The first kappa shape index (κ1) is 13.6. The average Bonchev–Trinajstić information content (AvgIpc) is 2.34. The molecule has 2 nitrogen and oxygen atoms in total. The van der Waals surface area contributed by atoms with Crippen molar-refractivity contribution in [2.45, 2.75) is 13.1 Å². The third-order valence-electron chi connectivity index (χ3n) is 2.40. The lowest BCUT2D eigenvalue weighted by Gasteiger charge is -2.07. The van der Waals surface area contributed by atoms with Crippen molar-refractivity contribution in [3.8, 4) is 0 Å². The summed E-state index contributed by atoms with van der Waals surface area (Å²) < 4.78 is 14.8. The number of hydrogen-bond acceptors (Lipinski definition) is 2. The molecule has 1 aromatic carbocycles. The number of aromatic nitrogens is 1. The van der Waals surface area contributed by atoms with Gasteiger partial charge in [-0.05, 0) is 51.8 Å². The predicted octanol–water partition coefficient (Wildman–Crippen LogP) is 4.04. The summed E-state index contributed by atoms with van der Waals surface area (Å²) >= 11 is 6.72. The Morgan fingerprint density at radius 3 is 2.72 bits per heavy atom. The van der Waals surface area contributed by atoms with Crippen molar-refractivity contribution in [3.63, 3.8) is 0 Å². The zero-order valence-electron chi connectivity index (χ0n) is 9.46. The summed E-state index contributed by atoms with van der Waals surface area (Å²) in [5.41, 5.74) is 1.84. The first-order valence-electron chi connectivity index (χ1n) is 5.41. The van der Waals surface area contributed by atoms with E-state index in [4.69, 9.17) is 0 Å². The summed E-state index contributed by atoms with van der Waals surface area (Å²) in [6, 6.07) is 10.4. The lowest BCUT2D eigenvalue weighted by molar-refractivity contribution is 0.618. The molecule has 5 heteroatoms. The van der Waals surface area contributed by atoms with E-state index in [9.17, 15) is 4.39 Å². The third-order valence-corrected chi connectivity index (χ3v) is 3.62. The molecule has 0 amide bonds. The van der Waals surface area contributed by atoms with Gasteiger partial charge in [-0.1, -0.05) is 22.0 Å². The lowest BCUT2D eigenvalue weighted by Crippen LogP contribution is -2.14. The molecule has 0 aliphatic carbocycles. The molecule has 1 aromatic heterocycles. The van der Waals surface area contributed by atoms with Crippen LogP contribution in [0, 0.1) is 5.82 Å². The highest BCUT2D eigenvalue weighted by molar-refractivity contribution is 9.10. The van der Waals surface area contributed by atoms with Crippen molar-refractivity contribution in [2.24, 2.45) is 0 Å². The van der Waals surface area contributed by atoms with Crippen LogP contribution in [0.4, 0.5) is 4.39 Å². The van der Waals surface area contributed by atoms with Crippen LogP contribution in [0.25, 0.3) is 0 Å². The fourth-order valence-corrected chi connectivity index (χ4v) is 2.32. The van der Waals surface area contributed by atoms with Gasteiger partial charge in [-0.3, -0.25) is 0 Å². The van der Waals surface area contributed by atoms with Crippen molar-refractivity contribution in [3.05, 3.63) is 62.5 Å². The van der Waals surface area contributed by atoms with Gasteiger partial charge in [-0.2, -0.15) is 0 Å². The molecule has 0 unspecified atom stereocenters. The van der Waals surface area contributed by atoms with Gasteiger partial charge in [0.2, 0.25) is 0 Å². The minimum Gasteiger partial charge on any atom is -0.307 e. The van der Waals surface area contributed by atoms with Crippen LogP contribution in [-0.2, 0) is 13.1 Å². The van der Waals surface area contributed by atoms with E-state index in [1.54, 1.807) is 6.07 Å². The van der Waals surface area contributed by atoms with E-state index in [0.717, 1.165) is 20.3 Å². The maximum absolute atomic E-state index is 13.1. The predicted molar refractivity (Wildman–Crippen MR) is 76.6 cm³/mol. The molecule has 0 aliphatic rings. The Kier molecular flexibility index (Phi) is 4.86. The molecule has 94 valence electrons. The van der Waals surface area contributed by atoms with E-state index in [1.807, 2.05) is 18.2 Å². The number of halogens is 3. The number of hydrogen-bond donors (Lipinski definition) is 1. The second-order valence-corrected chi connectivity index (χ2v) is 5.46. The van der Waals surface area contributed by atoms with Crippen molar-refractivity contribution in [1.82, 2.24) is 10.3 Å². The molecule has 0 saturated heterocycles. The fraction of sp³-hybridized carbons (Fsp3) is 0.154. The van der Waals surface area contributed by atoms with Crippen LogP contribution in [0.3, 0.4) is 0 Å². The van der Waals surface area contributed by atoms with Crippen molar-refractivity contribution < 1.29 is 4.39 Å². The van der Waals surface area contributed by atoms with Gasteiger partial charge in [-0.15, -0.1) is 0 Å². The normalized spacial score (nSPS) is 10.6. The fourth-order valence-electron chi connectivity index (χ4n) is 1.55. The monoisotopic (exact) mass is 372 g/mol. The molecule has 0 aliphatic heterocycles. The summed E-state index contributed by atoms with van der Waals surface area (Å²) in [6.45, 7) is 1.23. The second kappa shape index (κ2) is 6.41. The van der Waals surface area contributed by atoms with Gasteiger partial charge in [0.15, 0.2) is 0 Å². The molecule has 0 radical (unpaired) electrons. The Morgan fingerprint density at radius 2 is 1.94 bits per heavy atom. The Hall–Kier alpha value is -0.780. The van der Waals surface area contributed by atoms with Crippen LogP contribution in [-0.4, -0.2) is 4.98 Å². The van der Waals surface area contributed by atoms with E-state index in [1.165, 1.54) is 12.1 Å². The largest absolute Gasteiger partial charge is 0.307 e. The number of nitrogens with zero attached hydrogens (tertiary/aromatic N) is 1. The number of rotatable bonds is 4. The molecule has 2 rings (SSSR count). The molecular weight excluding hydrogens is 363 g/mol. The quantitative estimate of drug-likeness (QED) is 0.818. The number of pyridine rings is 1. The average molecular weight is 374 g/mol. The Bertz CT molecular complexity index is 546. The molecular formula is C13H11Br2FN2. The first-order chi connectivity index (χ1) is 8.65. The van der Waals surface area contributed by atoms with Crippen LogP contribution in [0.5, 0.6) is 0 Å². The van der Waals surface area contributed by atoms with Crippen molar-refractivity contribution >= 4 is 31.9 Å². The van der Waals surface area contributed by atoms with Gasteiger partial charge in [-0.25, -0.2) is 9.37 Å². The maximum atomic E-state index is 13.1. The molecule has 0 atom stereocenters. The zero-order chi connectivity index (χ0) is 13.0. The van der Waals surface area contributed by atoms with Crippen LogP contribution in [0.1, 0.15) is 11.3 Å². The van der Waals surface area contributed by atoms with E-state index in [-0.39, 0.29) is 5.82 Å². The van der Waals surface area contributed by atoms with E-state index >= 15 is 0 Å². The van der Waals surface area contributed by atoms with Gasteiger partial charge in [0.05, 0.1) is 5.69 Å². The second-order valence-electron chi connectivity index (χ2n) is 3.79. The summed E-state index contributed by atoms with van der Waals surface area (Å²) in [7, 11) is 0. The van der Waals surface area contributed by atoms with Crippen molar-refractivity contribution in [2.75, 3.05) is 0 Å². The molecule has 2 aromatic rings. The molecule has 1 heterocycles. The summed E-state index contributed by atoms with van der Waals surface area (Å²) in [4.78, 5) is 4.31. The van der Waals surface area contributed by atoms with E-state index in [2.05, 4.69) is 42.2 Å².